The summed E-state index contributed by atoms with van der Waals surface area (Å²) in [5, 5.41) is 0.598. The highest BCUT2D eigenvalue weighted by atomic mass is 35.5. The number of pyridine rings is 1. The van der Waals surface area contributed by atoms with E-state index in [1.54, 1.807) is 18.2 Å². The monoisotopic (exact) mass is 363 g/mol. The molecule has 0 atom stereocenters. The lowest BCUT2D eigenvalue weighted by atomic mass is 10.0. The maximum Gasteiger partial charge on any atom is 0.338 e. The van der Waals surface area contributed by atoms with Crippen LogP contribution in [0.25, 0.3) is 22.5 Å². The summed E-state index contributed by atoms with van der Waals surface area (Å²) in [7, 11) is 1.36. The molecule has 5 heteroatoms. The van der Waals surface area contributed by atoms with Gasteiger partial charge in [-0.05, 0) is 35.4 Å². The van der Waals surface area contributed by atoms with Gasteiger partial charge in [0.15, 0.2) is 0 Å². The van der Waals surface area contributed by atoms with Gasteiger partial charge in [0.05, 0.1) is 24.1 Å². The number of ether oxygens (including phenoxy) is 1. The Bertz CT molecular complexity index is 1060. The molecule has 1 aliphatic carbocycles. The minimum absolute atomic E-state index is 0.407. The summed E-state index contributed by atoms with van der Waals surface area (Å²) in [6.45, 7) is 0. The molecule has 26 heavy (non-hydrogen) atoms. The highest BCUT2D eigenvalue weighted by Crippen LogP contribution is 2.39. The van der Waals surface area contributed by atoms with E-state index in [-0.39, 0.29) is 0 Å². The normalized spacial score (nSPS) is 11.6. The van der Waals surface area contributed by atoms with E-state index < -0.39 is 5.97 Å². The lowest BCUT2D eigenvalue weighted by Gasteiger charge is -2.10. The van der Waals surface area contributed by atoms with Gasteiger partial charge < -0.3 is 4.74 Å². The SMILES string of the molecule is COC(=O)c1cc(-c2cccc(Cl)c2)nc2c1Cc1cc(C=O)ccc1-2. The molecule has 128 valence electrons. The third-order valence-electron chi connectivity index (χ3n) is 4.54. The van der Waals surface area contributed by atoms with Crippen LogP contribution >= 0.6 is 11.6 Å². The van der Waals surface area contributed by atoms with E-state index in [0.29, 0.717) is 28.3 Å². The van der Waals surface area contributed by atoms with Crippen LogP contribution in [0.15, 0.2) is 48.5 Å². The fourth-order valence-electron chi connectivity index (χ4n) is 3.32. The van der Waals surface area contributed by atoms with Crippen LogP contribution in [0.5, 0.6) is 0 Å². The second-order valence-electron chi connectivity index (χ2n) is 6.10. The van der Waals surface area contributed by atoms with E-state index in [9.17, 15) is 9.59 Å². The zero-order valence-corrected chi connectivity index (χ0v) is 14.7. The first-order chi connectivity index (χ1) is 12.6. The Kier molecular flexibility index (Phi) is 4.05. The Hall–Kier alpha value is -2.98. The van der Waals surface area contributed by atoms with Crippen LogP contribution in [0.4, 0.5) is 0 Å². The number of hydrogen-bond donors (Lipinski definition) is 0. The minimum Gasteiger partial charge on any atom is -0.465 e. The fourth-order valence-corrected chi connectivity index (χ4v) is 3.51. The number of nitrogens with zero attached hydrogens (tertiary/aromatic N) is 1. The highest BCUT2D eigenvalue weighted by molar-refractivity contribution is 6.30. The summed E-state index contributed by atoms with van der Waals surface area (Å²) in [5.41, 5.74) is 6.03. The number of benzene rings is 2. The van der Waals surface area contributed by atoms with E-state index in [4.69, 9.17) is 21.3 Å². The third kappa shape index (κ3) is 2.68. The van der Waals surface area contributed by atoms with Crippen molar-refractivity contribution in [3.05, 3.63) is 75.8 Å². The van der Waals surface area contributed by atoms with Gasteiger partial charge in [0.25, 0.3) is 0 Å². The molecule has 0 N–H and O–H groups in total. The van der Waals surface area contributed by atoms with Crippen LogP contribution in [0.2, 0.25) is 5.02 Å². The molecule has 1 aliphatic rings. The van der Waals surface area contributed by atoms with Gasteiger partial charge in [0.1, 0.15) is 6.29 Å². The number of hydrogen-bond acceptors (Lipinski definition) is 4. The molecule has 0 radical (unpaired) electrons. The molecule has 2 aromatic carbocycles. The van der Waals surface area contributed by atoms with Crippen LogP contribution < -0.4 is 0 Å². The highest BCUT2D eigenvalue weighted by Gasteiger charge is 2.27. The number of aldehydes is 1. The molecule has 0 unspecified atom stereocenters. The molecule has 4 rings (SSSR count). The van der Waals surface area contributed by atoms with Crippen molar-refractivity contribution < 1.29 is 14.3 Å². The van der Waals surface area contributed by atoms with Crippen LogP contribution in [0, 0.1) is 0 Å². The standard InChI is InChI=1S/C21H14ClNO3/c1-26-21(25)18-10-19(13-3-2-4-15(22)8-13)23-20-16-6-5-12(11-24)7-14(16)9-17(18)20/h2-8,10-11H,9H2,1H3. The summed E-state index contributed by atoms with van der Waals surface area (Å²) in [4.78, 5) is 28.2. The number of carbonyl (C=O) groups excluding carboxylic acids is 2. The first kappa shape index (κ1) is 16.5. The van der Waals surface area contributed by atoms with Crippen molar-refractivity contribution in [3.8, 4) is 22.5 Å². The Morgan fingerprint density at radius 3 is 2.77 bits per heavy atom. The molecule has 0 saturated heterocycles. The first-order valence-corrected chi connectivity index (χ1v) is 8.45. The molecule has 0 fully saturated rings. The third-order valence-corrected chi connectivity index (χ3v) is 4.77. The molecule has 4 nitrogen and oxygen atoms in total. The number of aromatic nitrogens is 1. The van der Waals surface area contributed by atoms with Crippen molar-refractivity contribution in [2.45, 2.75) is 6.42 Å². The largest absolute Gasteiger partial charge is 0.465 e. The van der Waals surface area contributed by atoms with Gasteiger partial charge in [0, 0.05) is 28.1 Å². The van der Waals surface area contributed by atoms with Gasteiger partial charge >= 0.3 is 5.97 Å². The second kappa shape index (κ2) is 6.39. The summed E-state index contributed by atoms with van der Waals surface area (Å²) in [6, 6.07) is 14.5. The number of methoxy groups -OCH3 is 1. The predicted molar refractivity (Wildman–Crippen MR) is 99.7 cm³/mol. The molecule has 1 heterocycles. The lowest BCUT2D eigenvalue weighted by Crippen LogP contribution is -2.07. The number of rotatable bonds is 3. The predicted octanol–water partition coefficient (Wildman–Crippen LogP) is 4.57. The van der Waals surface area contributed by atoms with E-state index in [1.165, 1.54) is 7.11 Å². The fraction of sp³-hybridized carbons (Fsp3) is 0.0952. The number of esters is 1. The Balaban J connectivity index is 1.95. The van der Waals surface area contributed by atoms with Gasteiger partial charge in [-0.1, -0.05) is 35.9 Å². The van der Waals surface area contributed by atoms with Gasteiger partial charge in [-0.15, -0.1) is 0 Å². The summed E-state index contributed by atoms with van der Waals surface area (Å²) < 4.78 is 4.97. The average molecular weight is 364 g/mol. The quantitative estimate of drug-likeness (QED) is 0.395. The molecule has 0 bridgehead atoms. The molecule has 3 aromatic rings. The van der Waals surface area contributed by atoms with Gasteiger partial charge in [-0.2, -0.15) is 0 Å². The Morgan fingerprint density at radius 1 is 1.19 bits per heavy atom. The molecule has 0 spiro atoms. The number of fused-ring (bicyclic) bond motifs is 3. The first-order valence-electron chi connectivity index (χ1n) is 8.07. The molecule has 0 amide bonds. The van der Waals surface area contributed by atoms with Crippen LogP contribution in [-0.2, 0) is 11.2 Å². The maximum atomic E-state index is 12.4. The Morgan fingerprint density at radius 2 is 2.04 bits per heavy atom. The molecule has 0 saturated carbocycles. The zero-order chi connectivity index (χ0) is 18.3. The summed E-state index contributed by atoms with van der Waals surface area (Å²) in [5.74, 6) is -0.407. The smallest absolute Gasteiger partial charge is 0.338 e. The summed E-state index contributed by atoms with van der Waals surface area (Å²) in [6.07, 6.45) is 1.36. The average Bonchev–Trinajstić information content (AvgIpc) is 3.04. The van der Waals surface area contributed by atoms with E-state index in [2.05, 4.69) is 0 Å². The van der Waals surface area contributed by atoms with Crippen molar-refractivity contribution in [1.29, 1.82) is 0 Å². The molecule has 1 aromatic heterocycles. The van der Waals surface area contributed by atoms with Gasteiger partial charge in [-0.25, -0.2) is 9.78 Å². The lowest BCUT2D eigenvalue weighted by molar-refractivity contribution is 0.0599. The zero-order valence-electron chi connectivity index (χ0n) is 14.0. The minimum atomic E-state index is -0.407. The number of halogens is 1. The van der Waals surface area contributed by atoms with Crippen molar-refractivity contribution >= 4 is 23.9 Å². The van der Waals surface area contributed by atoms with E-state index in [0.717, 1.165) is 34.2 Å². The summed E-state index contributed by atoms with van der Waals surface area (Å²) >= 11 is 6.10. The van der Waals surface area contributed by atoms with E-state index in [1.807, 2.05) is 30.3 Å². The van der Waals surface area contributed by atoms with E-state index >= 15 is 0 Å². The van der Waals surface area contributed by atoms with Crippen molar-refractivity contribution in [3.63, 3.8) is 0 Å². The molecule has 0 aliphatic heterocycles. The van der Waals surface area contributed by atoms with Crippen LogP contribution in [-0.4, -0.2) is 24.3 Å². The molecular weight excluding hydrogens is 350 g/mol. The Labute approximate surface area is 155 Å². The van der Waals surface area contributed by atoms with Gasteiger partial charge in [0.2, 0.25) is 0 Å². The van der Waals surface area contributed by atoms with Crippen molar-refractivity contribution in [1.82, 2.24) is 4.98 Å². The maximum absolute atomic E-state index is 12.4. The van der Waals surface area contributed by atoms with Crippen molar-refractivity contribution in [2.24, 2.45) is 0 Å². The topological polar surface area (TPSA) is 56.3 Å². The van der Waals surface area contributed by atoms with Gasteiger partial charge in [-0.3, -0.25) is 4.79 Å². The molecular formula is C21H14ClNO3. The van der Waals surface area contributed by atoms with Crippen LogP contribution in [0.3, 0.4) is 0 Å². The second-order valence-corrected chi connectivity index (χ2v) is 6.53. The van der Waals surface area contributed by atoms with Crippen LogP contribution in [0.1, 0.15) is 31.8 Å². The van der Waals surface area contributed by atoms with Crippen molar-refractivity contribution in [2.75, 3.05) is 7.11 Å². The number of carbonyl (C=O) groups is 2.